The fourth-order valence-electron chi connectivity index (χ4n) is 1.52. The van der Waals surface area contributed by atoms with Crippen molar-refractivity contribution in [2.24, 2.45) is 0 Å². The highest BCUT2D eigenvalue weighted by molar-refractivity contribution is 7.09. The second-order valence-corrected chi connectivity index (χ2v) is 4.59. The molecule has 0 aliphatic carbocycles. The smallest absolute Gasteiger partial charge is 0.124 e. The van der Waals surface area contributed by atoms with Crippen molar-refractivity contribution in [2.75, 3.05) is 7.05 Å². The lowest BCUT2D eigenvalue weighted by Crippen LogP contribution is -2.17. The van der Waals surface area contributed by atoms with Crippen LogP contribution in [-0.4, -0.2) is 12.0 Å². The molecule has 0 bridgehead atoms. The van der Waals surface area contributed by atoms with Crippen LogP contribution in [0, 0.1) is 5.82 Å². The molecule has 0 fully saturated rings. The number of aromatic nitrogens is 1. The van der Waals surface area contributed by atoms with Gasteiger partial charge in [-0.3, -0.25) is 0 Å². The van der Waals surface area contributed by atoms with Crippen molar-refractivity contribution in [3.8, 4) is 0 Å². The van der Waals surface area contributed by atoms with E-state index in [-0.39, 0.29) is 11.9 Å². The van der Waals surface area contributed by atoms with Crippen LogP contribution in [0.4, 0.5) is 4.39 Å². The lowest BCUT2D eigenvalue weighted by atomic mass is 10.1. The van der Waals surface area contributed by atoms with Crippen LogP contribution in [0.2, 0.25) is 5.02 Å². The maximum absolute atomic E-state index is 12.9. The summed E-state index contributed by atoms with van der Waals surface area (Å²) in [4.78, 5) is 4.23. The minimum atomic E-state index is -0.331. The van der Waals surface area contributed by atoms with Crippen LogP contribution >= 0.6 is 22.9 Å². The minimum Gasteiger partial charge on any atom is -0.307 e. The molecule has 2 nitrogen and oxygen atoms in total. The molecule has 2 rings (SSSR count). The van der Waals surface area contributed by atoms with E-state index in [2.05, 4.69) is 10.3 Å². The van der Waals surface area contributed by atoms with Gasteiger partial charge in [-0.25, -0.2) is 9.37 Å². The molecule has 1 aromatic carbocycles. The molecule has 0 saturated carbocycles. The zero-order chi connectivity index (χ0) is 11.5. The van der Waals surface area contributed by atoms with E-state index in [1.54, 1.807) is 12.3 Å². The molecule has 5 heteroatoms. The molecule has 16 heavy (non-hydrogen) atoms. The normalized spacial score (nSPS) is 12.7. The first-order valence-electron chi connectivity index (χ1n) is 4.74. The number of nitrogens with zero attached hydrogens (tertiary/aromatic N) is 1. The molecule has 0 aliphatic rings. The molecule has 1 N–H and O–H groups in total. The number of hydrogen-bond acceptors (Lipinski definition) is 3. The summed E-state index contributed by atoms with van der Waals surface area (Å²) in [5.41, 5.74) is 0.834. The SMILES string of the molecule is CNC(c1nccs1)c1ccc(F)cc1Cl. The molecule has 2 aromatic rings. The maximum Gasteiger partial charge on any atom is 0.124 e. The van der Waals surface area contributed by atoms with Crippen LogP contribution in [0.3, 0.4) is 0 Å². The summed E-state index contributed by atoms with van der Waals surface area (Å²) in [6.07, 6.45) is 1.74. The molecule has 0 amide bonds. The Morgan fingerprint density at radius 2 is 2.31 bits per heavy atom. The van der Waals surface area contributed by atoms with E-state index in [0.29, 0.717) is 5.02 Å². The van der Waals surface area contributed by atoms with E-state index in [9.17, 15) is 4.39 Å². The van der Waals surface area contributed by atoms with Gasteiger partial charge in [-0.05, 0) is 24.7 Å². The standard InChI is InChI=1S/C11H10ClFN2S/c1-14-10(11-15-4-5-16-11)8-3-2-7(13)6-9(8)12/h2-6,10,14H,1H3. The third kappa shape index (κ3) is 2.24. The molecule has 0 aliphatic heterocycles. The van der Waals surface area contributed by atoms with Crippen molar-refractivity contribution in [3.63, 3.8) is 0 Å². The zero-order valence-corrected chi connectivity index (χ0v) is 10.1. The predicted molar refractivity (Wildman–Crippen MR) is 64.4 cm³/mol. The maximum atomic E-state index is 12.9. The minimum absolute atomic E-state index is 0.0897. The third-order valence-corrected chi connectivity index (χ3v) is 3.43. The molecular formula is C11H10ClFN2S. The van der Waals surface area contributed by atoms with E-state index in [1.807, 2.05) is 12.4 Å². The fourth-order valence-corrected chi connectivity index (χ4v) is 2.56. The van der Waals surface area contributed by atoms with Crippen LogP contribution in [-0.2, 0) is 0 Å². The first-order chi connectivity index (χ1) is 7.72. The molecular weight excluding hydrogens is 247 g/mol. The Labute approximate surface area is 102 Å². The Morgan fingerprint density at radius 1 is 1.50 bits per heavy atom. The van der Waals surface area contributed by atoms with Crippen LogP contribution in [0.5, 0.6) is 0 Å². The molecule has 1 unspecified atom stereocenters. The van der Waals surface area contributed by atoms with Crippen LogP contribution in [0.1, 0.15) is 16.6 Å². The zero-order valence-electron chi connectivity index (χ0n) is 8.58. The summed E-state index contributed by atoms with van der Waals surface area (Å²) in [6.45, 7) is 0. The highest BCUT2D eigenvalue weighted by Crippen LogP contribution is 2.29. The van der Waals surface area contributed by atoms with Gasteiger partial charge >= 0.3 is 0 Å². The third-order valence-electron chi connectivity index (χ3n) is 2.26. The summed E-state index contributed by atoms with van der Waals surface area (Å²) < 4.78 is 12.9. The van der Waals surface area contributed by atoms with Gasteiger partial charge in [0.15, 0.2) is 0 Å². The van der Waals surface area contributed by atoms with Crippen molar-refractivity contribution in [3.05, 3.63) is 51.2 Å². The Bertz CT molecular complexity index is 473. The molecule has 84 valence electrons. The van der Waals surface area contributed by atoms with Gasteiger partial charge in [0.1, 0.15) is 10.8 Å². The van der Waals surface area contributed by atoms with Gasteiger partial charge in [0, 0.05) is 16.6 Å². The first-order valence-corrected chi connectivity index (χ1v) is 5.99. The Hall–Kier alpha value is -0.970. The number of benzene rings is 1. The van der Waals surface area contributed by atoms with Crippen LogP contribution in [0.25, 0.3) is 0 Å². The summed E-state index contributed by atoms with van der Waals surface area (Å²) in [7, 11) is 1.83. The average Bonchev–Trinajstić information content (AvgIpc) is 2.75. The van der Waals surface area contributed by atoms with Gasteiger partial charge in [0.2, 0.25) is 0 Å². The van der Waals surface area contributed by atoms with E-state index >= 15 is 0 Å². The largest absolute Gasteiger partial charge is 0.307 e. The van der Waals surface area contributed by atoms with Crippen molar-refractivity contribution >= 4 is 22.9 Å². The lowest BCUT2D eigenvalue weighted by molar-refractivity contribution is 0.623. The van der Waals surface area contributed by atoms with Gasteiger partial charge in [-0.2, -0.15) is 0 Å². The number of halogens is 2. The summed E-state index contributed by atoms with van der Waals surface area (Å²) in [5.74, 6) is -0.331. The van der Waals surface area contributed by atoms with Crippen LogP contribution in [0.15, 0.2) is 29.8 Å². The topological polar surface area (TPSA) is 24.9 Å². The van der Waals surface area contributed by atoms with Gasteiger partial charge in [0.05, 0.1) is 6.04 Å². The molecule has 1 heterocycles. The van der Waals surface area contributed by atoms with Crippen molar-refractivity contribution in [1.82, 2.24) is 10.3 Å². The van der Waals surface area contributed by atoms with Crippen molar-refractivity contribution in [2.45, 2.75) is 6.04 Å². The van der Waals surface area contributed by atoms with Crippen molar-refractivity contribution < 1.29 is 4.39 Å². The van der Waals surface area contributed by atoms with Gasteiger partial charge < -0.3 is 5.32 Å². The van der Waals surface area contributed by atoms with Gasteiger partial charge in [-0.1, -0.05) is 17.7 Å². The quantitative estimate of drug-likeness (QED) is 0.912. The van der Waals surface area contributed by atoms with Gasteiger partial charge in [-0.15, -0.1) is 11.3 Å². The lowest BCUT2D eigenvalue weighted by Gasteiger charge is -2.15. The molecule has 0 spiro atoms. The average molecular weight is 257 g/mol. The predicted octanol–water partition coefficient (Wildman–Crippen LogP) is 3.24. The number of nitrogens with one attached hydrogen (secondary N) is 1. The Kier molecular flexibility index (Phi) is 3.53. The highest BCUT2D eigenvalue weighted by Gasteiger charge is 2.17. The Morgan fingerprint density at radius 3 is 2.88 bits per heavy atom. The number of thiazole rings is 1. The Balaban J connectivity index is 2.41. The second-order valence-electron chi connectivity index (χ2n) is 3.26. The summed E-state index contributed by atoms with van der Waals surface area (Å²) in [5, 5.41) is 6.35. The van der Waals surface area contributed by atoms with E-state index in [0.717, 1.165) is 10.6 Å². The monoisotopic (exact) mass is 256 g/mol. The fraction of sp³-hybridized carbons (Fsp3) is 0.182. The second kappa shape index (κ2) is 4.91. The first kappa shape index (κ1) is 11.5. The molecule has 0 saturated heterocycles. The van der Waals surface area contributed by atoms with Gasteiger partial charge in [0.25, 0.3) is 0 Å². The molecule has 1 aromatic heterocycles. The molecule has 0 radical (unpaired) electrons. The van der Waals surface area contributed by atoms with Crippen molar-refractivity contribution in [1.29, 1.82) is 0 Å². The highest BCUT2D eigenvalue weighted by atomic mass is 35.5. The number of rotatable bonds is 3. The van der Waals surface area contributed by atoms with E-state index < -0.39 is 0 Å². The molecule has 1 atom stereocenters. The van der Waals surface area contributed by atoms with E-state index in [4.69, 9.17) is 11.6 Å². The van der Waals surface area contributed by atoms with Crippen LogP contribution < -0.4 is 5.32 Å². The summed E-state index contributed by atoms with van der Waals surface area (Å²) >= 11 is 7.55. The summed E-state index contributed by atoms with van der Waals surface area (Å²) in [6, 6.07) is 4.31. The van der Waals surface area contributed by atoms with E-state index in [1.165, 1.54) is 23.5 Å². The number of hydrogen-bond donors (Lipinski definition) is 1.